The van der Waals surface area contributed by atoms with Crippen molar-refractivity contribution in [1.82, 2.24) is 9.80 Å². The summed E-state index contributed by atoms with van der Waals surface area (Å²) in [4.78, 5) is 92.4. The lowest BCUT2D eigenvalue weighted by atomic mass is 9.98. The Morgan fingerprint density at radius 3 is 0.988 bits per heavy atom. The summed E-state index contributed by atoms with van der Waals surface area (Å²) in [5, 5.41) is 0. The first-order valence-corrected chi connectivity index (χ1v) is 33.0. The van der Waals surface area contributed by atoms with Gasteiger partial charge in [0.25, 0.3) is 0 Å². The second-order valence-corrected chi connectivity index (χ2v) is 22.8. The normalized spacial score (nSPS) is 16.9. The van der Waals surface area contributed by atoms with E-state index >= 15 is 0 Å². The number of unbranched alkanes of at least 4 members (excludes halogenated alkanes) is 27. The van der Waals surface area contributed by atoms with Gasteiger partial charge >= 0.3 is 41.8 Å². The fourth-order valence-electron chi connectivity index (χ4n) is 10.3. The van der Waals surface area contributed by atoms with Gasteiger partial charge in [-0.05, 0) is 45.2 Å². The van der Waals surface area contributed by atoms with E-state index < -0.39 is 54.6 Å². The van der Waals surface area contributed by atoms with Crippen molar-refractivity contribution >= 4 is 41.8 Å². The van der Waals surface area contributed by atoms with E-state index in [9.17, 15) is 33.6 Å². The SMILES string of the molecule is CCCCCCCCCCCCOC(=O)CCN(CCCOC1OC(COC(C)=O)[C@H](OC(C)=O)C(OC(C)=O)C1OC(C)=O)CCCN(CCC(=O)OCCCCCCCCCCCC)CCC(=O)OCCCCCCCCCCCC. The highest BCUT2D eigenvalue weighted by Gasteiger charge is 2.52. The van der Waals surface area contributed by atoms with E-state index in [1.54, 1.807) is 0 Å². The van der Waals surface area contributed by atoms with Gasteiger partial charge in [-0.2, -0.15) is 0 Å². The number of ether oxygens (including phenoxy) is 9. The highest BCUT2D eigenvalue weighted by atomic mass is 16.7. The molecule has 0 aromatic carbocycles. The van der Waals surface area contributed by atoms with Crippen LogP contribution in [0.25, 0.3) is 0 Å². The van der Waals surface area contributed by atoms with Crippen molar-refractivity contribution < 1.29 is 76.2 Å². The van der Waals surface area contributed by atoms with Gasteiger partial charge in [-0.25, -0.2) is 0 Å². The summed E-state index contributed by atoms with van der Waals surface area (Å²) < 4.78 is 51.2. The predicted molar refractivity (Wildman–Crippen MR) is 322 cm³/mol. The minimum Gasteiger partial charge on any atom is -0.466 e. The van der Waals surface area contributed by atoms with Crippen LogP contribution in [0, 0.1) is 0 Å². The molecule has 0 N–H and O–H groups in total. The van der Waals surface area contributed by atoms with Gasteiger partial charge in [0.2, 0.25) is 0 Å². The lowest BCUT2D eigenvalue weighted by molar-refractivity contribution is -0.308. The van der Waals surface area contributed by atoms with Crippen molar-refractivity contribution in [2.45, 2.75) is 304 Å². The van der Waals surface area contributed by atoms with Crippen LogP contribution in [0.1, 0.15) is 273 Å². The van der Waals surface area contributed by atoms with Crippen molar-refractivity contribution in [2.75, 3.05) is 72.3 Å². The first-order valence-electron chi connectivity index (χ1n) is 33.0. The van der Waals surface area contributed by atoms with Gasteiger partial charge in [0, 0.05) is 53.9 Å². The number of rotatable bonds is 56. The molecule has 4 unspecified atom stereocenters. The minimum atomic E-state index is -1.36. The summed E-state index contributed by atoms with van der Waals surface area (Å²) in [6, 6.07) is 0. The minimum absolute atomic E-state index is 0.0576. The molecule has 0 bridgehead atoms. The number of hydrogen-bond donors (Lipinski definition) is 0. The fourth-order valence-corrected chi connectivity index (χ4v) is 10.3. The molecular weight excluding hydrogens is 1060 g/mol. The topological polar surface area (TPSA) is 209 Å². The van der Waals surface area contributed by atoms with Crippen LogP contribution < -0.4 is 0 Å². The van der Waals surface area contributed by atoms with Crippen LogP contribution in [0.4, 0.5) is 0 Å². The lowest BCUT2D eigenvalue weighted by Crippen LogP contribution is -2.63. The summed E-state index contributed by atoms with van der Waals surface area (Å²) in [5.74, 6) is -3.63. The highest BCUT2D eigenvalue weighted by molar-refractivity contribution is 5.71. The molecular formula is C65H118N2O16. The molecule has 1 heterocycles. The quantitative estimate of drug-likeness (QED) is 0.0315. The molecule has 18 nitrogen and oxygen atoms in total. The first-order chi connectivity index (χ1) is 40.2. The van der Waals surface area contributed by atoms with E-state index in [4.69, 9.17) is 42.6 Å². The average Bonchev–Trinajstić information content (AvgIpc) is 3.37. The third-order valence-electron chi connectivity index (χ3n) is 15.0. The van der Waals surface area contributed by atoms with Crippen molar-refractivity contribution in [1.29, 1.82) is 0 Å². The third kappa shape index (κ3) is 45.2. The zero-order valence-electron chi connectivity index (χ0n) is 53.3. The predicted octanol–water partition coefficient (Wildman–Crippen LogP) is 13.0. The molecule has 484 valence electrons. The maximum absolute atomic E-state index is 13.1. The Hall–Kier alpha value is -3.87. The van der Waals surface area contributed by atoms with Gasteiger partial charge in [0.1, 0.15) is 12.7 Å². The van der Waals surface area contributed by atoms with Crippen molar-refractivity contribution in [3.8, 4) is 0 Å². The van der Waals surface area contributed by atoms with Gasteiger partial charge < -0.3 is 52.4 Å². The monoisotopic (exact) mass is 1180 g/mol. The van der Waals surface area contributed by atoms with Crippen LogP contribution in [0.5, 0.6) is 0 Å². The lowest BCUT2D eigenvalue weighted by Gasteiger charge is -2.44. The molecule has 0 amide bonds. The summed E-state index contributed by atoms with van der Waals surface area (Å²) in [6.07, 6.45) is 30.8. The molecule has 0 saturated carbocycles. The Morgan fingerprint density at radius 2 is 0.639 bits per heavy atom. The Balaban J connectivity index is 3.08. The van der Waals surface area contributed by atoms with E-state index in [2.05, 4.69) is 30.6 Å². The molecule has 0 radical (unpaired) electrons. The Bertz CT molecular complexity index is 1630. The second kappa shape index (κ2) is 53.6. The number of nitrogens with zero attached hydrogens (tertiary/aromatic N) is 2. The largest absolute Gasteiger partial charge is 0.466 e. The van der Waals surface area contributed by atoms with Gasteiger partial charge in [-0.3, -0.25) is 33.6 Å². The number of carbonyl (C=O) groups excluding carboxylic acids is 7. The molecule has 83 heavy (non-hydrogen) atoms. The number of carbonyl (C=O) groups is 7. The fraction of sp³-hybridized carbons (Fsp3) is 0.892. The summed E-state index contributed by atoms with van der Waals surface area (Å²) in [7, 11) is 0. The smallest absolute Gasteiger partial charge is 0.307 e. The van der Waals surface area contributed by atoms with Crippen LogP contribution in [0.2, 0.25) is 0 Å². The molecule has 5 atom stereocenters. The van der Waals surface area contributed by atoms with E-state index in [1.165, 1.54) is 149 Å². The zero-order chi connectivity index (χ0) is 61.0. The molecule has 0 spiro atoms. The van der Waals surface area contributed by atoms with E-state index in [-0.39, 0.29) is 50.4 Å². The summed E-state index contributed by atoms with van der Waals surface area (Å²) in [6.45, 7) is 15.1. The Labute approximate surface area is 502 Å². The number of hydrogen-bond acceptors (Lipinski definition) is 18. The molecule has 0 aromatic rings. The molecule has 1 aliphatic rings. The molecule has 0 aromatic heterocycles. The van der Waals surface area contributed by atoms with Crippen molar-refractivity contribution in [2.24, 2.45) is 0 Å². The Morgan fingerprint density at radius 1 is 0.325 bits per heavy atom. The highest BCUT2D eigenvalue weighted by Crippen LogP contribution is 2.30. The zero-order valence-corrected chi connectivity index (χ0v) is 53.3. The number of esters is 7. The van der Waals surface area contributed by atoms with E-state index in [0.29, 0.717) is 71.9 Å². The van der Waals surface area contributed by atoms with Crippen LogP contribution in [0.3, 0.4) is 0 Å². The second-order valence-electron chi connectivity index (χ2n) is 22.8. The van der Waals surface area contributed by atoms with Crippen LogP contribution in [-0.4, -0.2) is 155 Å². The van der Waals surface area contributed by atoms with Crippen molar-refractivity contribution in [3.05, 3.63) is 0 Å². The van der Waals surface area contributed by atoms with Crippen LogP contribution in [-0.2, 0) is 76.2 Å². The molecule has 1 fully saturated rings. The molecule has 0 aliphatic carbocycles. The standard InChI is InChI=1S/C65H118N2O16/c1-8-11-14-17-20-23-26-29-32-35-49-75-59(72)40-46-66(45-39-52-78-65-64(82-57(7)71)63(81-56(6)70)62(80-55(5)69)58(83-65)53-79-54(4)68)43-38-44-67(47-41-60(73)76-50-36-33-30-27-24-21-18-15-12-9-2)48-42-61(74)77-51-37-34-31-28-25-22-19-16-13-10-3/h58,62-65H,8-53H2,1-7H3/t58?,62-,63?,64?,65?/m0/s1. The maximum Gasteiger partial charge on any atom is 0.307 e. The van der Waals surface area contributed by atoms with Gasteiger partial charge in [-0.15, -0.1) is 0 Å². The maximum atomic E-state index is 13.1. The summed E-state index contributed by atoms with van der Waals surface area (Å²) >= 11 is 0. The summed E-state index contributed by atoms with van der Waals surface area (Å²) in [5.41, 5.74) is 0. The van der Waals surface area contributed by atoms with Crippen LogP contribution >= 0.6 is 0 Å². The molecule has 1 aliphatic heterocycles. The Kier molecular flexibility index (Phi) is 49.8. The van der Waals surface area contributed by atoms with Crippen LogP contribution in [0.15, 0.2) is 0 Å². The van der Waals surface area contributed by atoms with E-state index in [1.807, 2.05) is 0 Å². The third-order valence-corrected chi connectivity index (χ3v) is 15.0. The van der Waals surface area contributed by atoms with Crippen molar-refractivity contribution in [3.63, 3.8) is 0 Å². The average molecular weight is 1180 g/mol. The van der Waals surface area contributed by atoms with Gasteiger partial charge in [0.05, 0.1) is 45.7 Å². The molecule has 1 saturated heterocycles. The first kappa shape index (κ1) is 77.1. The van der Waals surface area contributed by atoms with E-state index in [0.717, 1.165) is 71.6 Å². The van der Waals surface area contributed by atoms with Gasteiger partial charge in [-0.1, -0.05) is 194 Å². The molecule has 18 heteroatoms. The molecule has 1 rings (SSSR count). The van der Waals surface area contributed by atoms with Gasteiger partial charge in [0.15, 0.2) is 24.6 Å².